The molecule has 142 valence electrons. The van der Waals surface area contributed by atoms with Crippen LogP contribution in [-0.4, -0.2) is 22.5 Å². The largest absolute Gasteiger partial charge is 0.410 e. The van der Waals surface area contributed by atoms with Gasteiger partial charge in [0.1, 0.15) is 8.24 Å². The normalized spacial score (nSPS) is 30.7. The van der Waals surface area contributed by atoms with Crippen molar-refractivity contribution in [3.05, 3.63) is 30.3 Å². The van der Waals surface area contributed by atoms with E-state index >= 15 is 0 Å². The number of rotatable bonds is 6. The van der Waals surface area contributed by atoms with Crippen molar-refractivity contribution in [1.82, 2.24) is 4.98 Å². The van der Waals surface area contributed by atoms with Crippen molar-refractivity contribution in [2.45, 2.75) is 77.9 Å². The topological polar surface area (TPSA) is 24.1 Å². The summed E-state index contributed by atoms with van der Waals surface area (Å²) in [4.78, 5) is 7.99. The zero-order valence-electron chi connectivity index (χ0n) is 17.9. The molecule has 1 fully saturated rings. The first-order chi connectivity index (χ1) is 11.5. The van der Waals surface area contributed by atoms with Gasteiger partial charge in [0.15, 0.2) is 8.24 Å². The van der Waals surface area contributed by atoms with Crippen LogP contribution in [0.4, 0.5) is 5.69 Å². The molecule has 5 unspecified atom stereocenters. The van der Waals surface area contributed by atoms with Crippen LogP contribution in [-0.2, 0) is 0 Å². The summed E-state index contributed by atoms with van der Waals surface area (Å²) < 4.78 is 0. The molecule has 0 radical (unpaired) electrons. The van der Waals surface area contributed by atoms with Gasteiger partial charge in [-0.25, -0.2) is 0 Å². The molecule has 0 amide bonds. The first-order valence-corrected chi connectivity index (χ1v) is 16.2. The van der Waals surface area contributed by atoms with E-state index in [2.05, 4.69) is 101 Å². The summed E-state index contributed by atoms with van der Waals surface area (Å²) >= 11 is 0. The van der Waals surface area contributed by atoms with Crippen molar-refractivity contribution in [2.75, 3.05) is 4.98 Å². The van der Waals surface area contributed by atoms with Crippen molar-refractivity contribution in [3.8, 4) is 0 Å². The van der Waals surface area contributed by atoms with Crippen molar-refractivity contribution >= 4 is 22.2 Å². The third-order valence-corrected chi connectivity index (χ3v) is 14.4. The lowest BCUT2D eigenvalue weighted by atomic mass is 10.0. The molecule has 2 nitrogen and oxygen atoms in total. The van der Waals surface area contributed by atoms with Crippen molar-refractivity contribution in [3.63, 3.8) is 0 Å². The van der Waals surface area contributed by atoms with Crippen LogP contribution in [0.3, 0.4) is 0 Å². The maximum atomic E-state index is 4.00. The highest BCUT2D eigenvalue weighted by Crippen LogP contribution is 2.59. The Morgan fingerprint density at radius 3 is 1.72 bits per heavy atom. The Balaban J connectivity index is 2.26. The van der Waals surface area contributed by atoms with Gasteiger partial charge >= 0.3 is 0 Å². The fourth-order valence-corrected chi connectivity index (χ4v) is 15.5. The molecular weight excluding hydrogens is 336 g/mol. The molecule has 0 aliphatic heterocycles. The molecule has 25 heavy (non-hydrogen) atoms. The van der Waals surface area contributed by atoms with Gasteiger partial charge in [-0.3, -0.25) is 0 Å². The summed E-state index contributed by atoms with van der Waals surface area (Å²) in [6.45, 7) is 22.4. The molecule has 0 saturated heterocycles. The Morgan fingerprint density at radius 1 is 0.760 bits per heavy atom. The second-order valence-corrected chi connectivity index (χ2v) is 18.6. The van der Waals surface area contributed by atoms with Gasteiger partial charge < -0.3 is 9.96 Å². The number of hydrogen-bond donors (Lipinski definition) is 2. The Hall–Kier alpha value is -0.586. The lowest BCUT2D eigenvalue weighted by molar-refractivity contribution is 0.443. The van der Waals surface area contributed by atoms with Gasteiger partial charge in [-0.05, 0) is 47.0 Å². The maximum absolute atomic E-state index is 4.00. The number of hydrogen-bond acceptors (Lipinski definition) is 2. The monoisotopic (exact) mass is 376 g/mol. The van der Waals surface area contributed by atoms with Gasteiger partial charge in [-0.15, -0.1) is 0 Å². The molecule has 1 aliphatic carbocycles. The molecule has 5 atom stereocenters. The third kappa shape index (κ3) is 4.40. The number of benzene rings is 1. The first kappa shape index (κ1) is 20.7. The van der Waals surface area contributed by atoms with Crippen LogP contribution in [0, 0.1) is 17.8 Å². The predicted molar refractivity (Wildman–Crippen MR) is 118 cm³/mol. The second kappa shape index (κ2) is 7.57. The standard InChI is InChI=1S/C21H40N2Si2/c1-15(2)22-24(6,7)20-16(3)17(4)21(18(20)5)25(8,9)23-19-13-11-10-12-14-19/h10-18,20-23H,1-9H3. The average Bonchev–Trinajstić information content (AvgIpc) is 2.69. The fourth-order valence-electron chi connectivity index (χ4n) is 6.28. The van der Waals surface area contributed by atoms with Gasteiger partial charge in [0.05, 0.1) is 0 Å². The average molecular weight is 377 g/mol. The minimum absolute atomic E-state index is 0.586. The van der Waals surface area contributed by atoms with E-state index in [0.717, 1.165) is 28.8 Å². The fraction of sp³-hybridized carbons (Fsp3) is 0.714. The highest BCUT2D eigenvalue weighted by molar-refractivity contribution is 6.82. The van der Waals surface area contributed by atoms with E-state index in [0.29, 0.717) is 6.04 Å². The quantitative estimate of drug-likeness (QED) is 0.580. The SMILES string of the molecule is CC(C)N[Si](C)(C)C1C(C)C(C)C([Si](C)(C)Nc2ccccc2)C1C. The zero-order chi connectivity index (χ0) is 19.0. The van der Waals surface area contributed by atoms with Crippen molar-refractivity contribution in [1.29, 1.82) is 0 Å². The highest BCUT2D eigenvalue weighted by Gasteiger charge is 2.55. The van der Waals surface area contributed by atoms with Gasteiger partial charge in [0.2, 0.25) is 0 Å². The number of anilines is 1. The van der Waals surface area contributed by atoms with Crippen LogP contribution in [0.1, 0.15) is 34.6 Å². The smallest absolute Gasteiger partial charge is 0.151 e. The molecule has 1 aromatic rings. The van der Waals surface area contributed by atoms with E-state index in [4.69, 9.17) is 0 Å². The summed E-state index contributed by atoms with van der Waals surface area (Å²) in [5, 5.41) is 0. The molecule has 0 heterocycles. The van der Waals surface area contributed by atoms with E-state index < -0.39 is 16.5 Å². The van der Waals surface area contributed by atoms with Crippen molar-refractivity contribution in [2.24, 2.45) is 17.8 Å². The highest BCUT2D eigenvalue weighted by atomic mass is 28.3. The second-order valence-electron chi connectivity index (χ2n) is 9.86. The minimum atomic E-state index is -1.60. The van der Waals surface area contributed by atoms with E-state index in [1.54, 1.807) is 0 Å². The molecule has 0 spiro atoms. The minimum Gasteiger partial charge on any atom is -0.410 e. The maximum Gasteiger partial charge on any atom is 0.151 e. The Kier molecular flexibility index (Phi) is 6.28. The van der Waals surface area contributed by atoms with E-state index in [-0.39, 0.29) is 0 Å². The van der Waals surface area contributed by atoms with E-state index in [1.807, 2.05) is 0 Å². The lowest BCUT2D eigenvalue weighted by Crippen LogP contribution is -2.54. The summed E-state index contributed by atoms with van der Waals surface area (Å²) in [5.74, 6) is 2.38. The van der Waals surface area contributed by atoms with Crippen LogP contribution in [0.2, 0.25) is 37.3 Å². The van der Waals surface area contributed by atoms with E-state index in [9.17, 15) is 0 Å². The Morgan fingerprint density at radius 2 is 1.24 bits per heavy atom. The van der Waals surface area contributed by atoms with Crippen LogP contribution in [0.25, 0.3) is 0 Å². The van der Waals surface area contributed by atoms with Gasteiger partial charge in [-0.2, -0.15) is 0 Å². The third-order valence-electron chi connectivity index (χ3n) is 6.66. The van der Waals surface area contributed by atoms with Gasteiger partial charge in [0, 0.05) is 5.69 Å². The summed E-state index contributed by atoms with van der Waals surface area (Å²) in [6.07, 6.45) is 0. The molecular formula is C21H40N2Si2. The number of nitrogens with one attached hydrogen (secondary N) is 2. The molecule has 0 aromatic heterocycles. The summed E-state index contributed by atoms with van der Waals surface area (Å²) in [6, 6.07) is 11.4. The zero-order valence-corrected chi connectivity index (χ0v) is 19.9. The Labute approximate surface area is 158 Å². The van der Waals surface area contributed by atoms with E-state index in [1.165, 1.54) is 5.69 Å². The molecule has 4 heteroatoms. The van der Waals surface area contributed by atoms with Gasteiger partial charge in [0.25, 0.3) is 0 Å². The lowest BCUT2D eigenvalue weighted by Gasteiger charge is -2.40. The van der Waals surface area contributed by atoms with Crippen molar-refractivity contribution < 1.29 is 0 Å². The van der Waals surface area contributed by atoms with Crippen LogP contribution >= 0.6 is 0 Å². The van der Waals surface area contributed by atoms with Gasteiger partial charge in [-0.1, -0.05) is 79.0 Å². The van der Waals surface area contributed by atoms with Crippen LogP contribution in [0.5, 0.6) is 0 Å². The molecule has 0 bridgehead atoms. The predicted octanol–water partition coefficient (Wildman–Crippen LogP) is 6.17. The van der Waals surface area contributed by atoms with Crippen LogP contribution in [0.15, 0.2) is 30.3 Å². The summed E-state index contributed by atoms with van der Waals surface area (Å²) in [5.41, 5.74) is 2.96. The number of para-hydroxylation sites is 1. The first-order valence-electron chi connectivity index (χ1n) is 10.1. The Bertz CT molecular complexity index is 556. The molecule has 1 saturated carbocycles. The molecule has 1 aromatic carbocycles. The van der Waals surface area contributed by atoms with Crippen LogP contribution < -0.4 is 9.96 Å². The summed E-state index contributed by atoms with van der Waals surface area (Å²) in [7, 11) is -3.06. The molecule has 1 aliphatic rings. The molecule has 2 N–H and O–H groups in total. The molecule has 2 rings (SSSR count).